The largest absolute Gasteiger partial charge is 0.279 e. The van der Waals surface area contributed by atoms with E-state index in [-0.39, 0.29) is 4.31 Å². The van der Waals surface area contributed by atoms with E-state index in [1.54, 1.807) is 0 Å². The molecule has 0 N–H and O–H groups in total. The predicted octanol–water partition coefficient (Wildman–Crippen LogP) is 2.16. The molecule has 0 aliphatic heterocycles. The van der Waals surface area contributed by atoms with E-state index in [0.717, 1.165) is 6.92 Å². The Bertz CT molecular complexity index is 680. The third-order valence-electron chi connectivity index (χ3n) is 2.68. The lowest BCUT2D eigenvalue weighted by Crippen LogP contribution is -2.39. The van der Waals surface area contributed by atoms with Gasteiger partial charge >= 0.3 is 0 Å². The van der Waals surface area contributed by atoms with Crippen molar-refractivity contribution in [2.75, 3.05) is 7.05 Å². The summed E-state index contributed by atoms with van der Waals surface area (Å²) in [6.07, 6.45) is 0. The van der Waals surface area contributed by atoms with Crippen LogP contribution in [0.5, 0.6) is 0 Å². The second kappa shape index (κ2) is 5.85. The number of benzene rings is 1. The fraction of sp³-hybridized carbons (Fsp3) is 0.300. The van der Waals surface area contributed by atoms with Gasteiger partial charge in [-0.2, -0.15) is 4.31 Å². The molecule has 0 fully saturated rings. The first-order valence-electron chi connectivity index (χ1n) is 5.13. The van der Waals surface area contributed by atoms with Gasteiger partial charge in [-0.25, -0.2) is 30.4 Å². The van der Waals surface area contributed by atoms with Gasteiger partial charge in [-0.15, -0.1) is 0 Å². The highest BCUT2D eigenvalue weighted by molar-refractivity contribution is 7.89. The number of carbonyl (C=O) groups is 1. The monoisotopic (exact) mass is 351 g/mol. The highest BCUT2D eigenvalue weighted by Gasteiger charge is 2.38. The van der Waals surface area contributed by atoms with Gasteiger partial charge in [0.1, 0.15) is 0 Å². The Kier molecular flexibility index (Phi) is 4.96. The number of hydrogen-bond donors (Lipinski definition) is 0. The molecule has 4 nitrogen and oxygen atoms in total. The van der Waals surface area contributed by atoms with Crippen molar-refractivity contribution in [1.82, 2.24) is 4.31 Å². The minimum absolute atomic E-state index is 0.0978. The van der Waals surface area contributed by atoms with Gasteiger partial charge in [0.15, 0.2) is 28.2 Å². The minimum atomic E-state index is -5.17. The van der Waals surface area contributed by atoms with Crippen molar-refractivity contribution in [3.05, 3.63) is 29.1 Å². The summed E-state index contributed by atoms with van der Waals surface area (Å²) < 4.78 is 89.8. The third kappa shape index (κ3) is 2.87. The van der Waals surface area contributed by atoms with Gasteiger partial charge in [0.2, 0.25) is 21.1 Å². The van der Waals surface area contributed by atoms with Crippen LogP contribution in [0, 0.1) is 29.1 Å². The van der Waals surface area contributed by atoms with Crippen molar-refractivity contribution >= 4 is 26.9 Å². The summed E-state index contributed by atoms with van der Waals surface area (Å²) in [7, 11) is -4.47. The standard InChI is InChI=1S/C10H7ClF5NO3S/c1-3(10(11)18)17(2)21(19,20)9-7(15)5(13)4(12)6(14)8(9)16/h3H,1-2H3/t3-/m1/s1. The normalized spacial score (nSPS) is 13.6. The van der Waals surface area contributed by atoms with Gasteiger partial charge < -0.3 is 0 Å². The van der Waals surface area contributed by atoms with Crippen LogP contribution in [-0.2, 0) is 14.8 Å². The van der Waals surface area contributed by atoms with Crippen LogP contribution in [0.15, 0.2) is 4.90 Å². The van der Waals surface area contributed by atoms with Crippen LogP contribution in [0.4, 0.5) is 22.0 Å². The van der Waals surface area contributed by atoms with Gasteiger partial charge in [-0.05, 0) is 18.5 Å². The van der Waals surface area contributed by atoms with Crippen LogP contribution >= 0.6 is 11.6 Å². The van der Waals surface area contributed by atoms with Gasteiger partial charge in [-0.3, -0.25) is 4.79 Å². The molecule has 0 aliphatic rings. The zero-order valence-electron chi connectivity index (χ0n) is 10.4. The molecule has 21 heavy (non-hydrogen) atoms. The zero-order valence-corrected chi connectivity index (χ0v) is 12.0. The Morgan fingerprint density at radius 3 is 1.67 bits per heavy atom. The average molecular weight is 352 g/mol. The zero-order chi connectivity index (χ0) is 16.7. The van der Waals surface area contributed by atoms with Gasteiger partial charge in [-0.1, -0.05) is 0 Å². The van der Waals surface area contributed by atoms with Crippen molar-refractivity contribution in [3.8, 4) is 0 Å². The Hall–Kier alpha value is -1.26. The van der Waals surface area contributed by atoms with Crippen LogP contribution in [0.3, 0.4) is 0 Å². The summed E-state index contributed by atoms with van der Waals surface area (Å²) in [6.45, 7) is 0.971. The highest BCUT2D eigenvalue weighted by Crippen LogP contribution is 2.29. The molecule has 0 saturated carbocycles. The smallest absolute Gasteiger partial charge is 0.249 e. The van der Waals surface area contributed by atoms with Crippen LogP contribution < -0.4 is 0 Å². The van der Waals surface area contributed by atoms with Gasteiger partial charge in [0.25, 0.3) is 0 Å². The number of nitrogens with zero attached hydrogens (tertiary/aromatic N) is 1. The number of likely N-dealkylation sites (N-methyl/N-ethyl adjacent to an activating group) is 1. The second-order valence-electron chi connectivity index (χ2n) is 3.90. The van der Waals surface area contributed by atoms with Gasteiger partial charge in [0, 0.05) is 7.05 Å². The van der Waals surface area contributed by atoms with Crippen LogP contribution in [0.1, 0.15) is 6.92 Å². The molecule has 1 rings (SSSR count). The van der Waals surface area contributed by atoms with E-state index >= 15 is 0 Å². The molecule has 0 amide bonds. The van der Waals surface area contributed by atoms with E-state index in [0.29, 0.717) is 7.05 Å². The van der Waals surface area contributed by atoms with Crippen molar-refractivity contribution in [2.24, 2.45) is 0 Å². The maximum absolute atomic E-state index is 13.5. The highest BCUT2D eigenvalue weighted by atomic mass is 35.5. The van der Waals surface area contributed by atoms with Crippen molar-refractivity contribution in [2.45, 2.75) is 17.9 Å². The lowest BCUT2D eigenvalue weighted by Gasteiger charge is -2.22. The fourth-order valence-corrected chi connectivity index (χ4v) is 2.94. The van der Waals surface area contributed by atoms with Crippen LogP contribution in [0.25, 0.3) is 0 Å². The first-order valence-corrected chi connectivity index (χ1v) is 6.95. The molecule has 0 heterocycles. The predicted molar refractivity (Wildman–Crippen MR) is 61.5 cm³/mol. The Morgan fingerprint density at radius 2 is 1.33 bits per heavy atom. The summed E-state index contributed by atoms with van der Waals surface area (Å²) in [5.41, 5.74) is 0. The average Bonchev–Trinajstić information content (AvgIpc) is 2.41. The van der Waals surface area contributed by atoms with E-state index < -0.39 is 55.3 Å². The SMILES string of the molecule is C[C@H](C(=O)Cl)N(C)S(=O)(=O)c1c(F)c(F)c(F)c(F)c1F. The van der Waals surface area contributed by atoms with Crippen molar-refractivity contribution < 1.29 is 35.2 Å². The van der Waals surface area contributed by atoms with Crippen molar-refractivity contribution in [1.29, 1.82) is 0 Å². The Morgan fingerprint density at radius 1 is 1.00 bits per heavy atom. The molecular weight excluding hydrogens is 345 g/mol. The molecule has 0 aliphatic carbocycles. The molecule has 11 heteroatoms. The Labute approximate surface area is 121 Å². The number of hydrogen-bond acceptors (Lipinski definition) is 3. The van der Waals surface area contributed by atoms with E-state index in [2.05, 4.69) is 0 Å². The molecule has 0 bridgehead atoms. The molecule has 0 spiro atoms. The van der Waals surface area contributed by atoms with Gasteiger partial charge in [0.05, 0.1) is 6.04 Å². The lowest BCUT2D eigenvalue weighted by molar-refractivity contribution is -0.114. The first kappa shape index (κ1) is 17.8. The third-order valence-corrected chi connectivity index (χ3v) is 4.95. The summed E-state index contributed by atoms with van der Waals surface area (Å²) >= 11 is 5.04. The van der Waals surface area contributed by atoms with E-state index in [1.807, 2.05) is 0 Å². The summed E-state index contributed by atoms with van der Waals surface area (Å²) in [5, 5.41) is -1.20. The van der Waals surface area contributed by atoms with E-state index in [1.165, 1.54) is 0 Å². The van der Waals surface area contributed by atoms with E-state index in [4.69, 9.17) is 11.6 Å². The summed E-state index contributed by atoms with van der Waals surface area (Å²) in [5.74, 6) is -12.4. The quantitative estimate of drug-likeness (QED) is 0.361. The molecule has 1 atom stereocenters. The lowest BCUT2D eigenvalue weighted by atomic mass is 10.3. The number of sulfonamides is 1. The summed E-state index contributed by atoms with van der Waals surface area (Å²) in [4.78, 5) is 8.83. The Balaban J connectivity index is 3.64. The van der Waals surface area contributed by atoms with Crippen molar-refractivity contribution in [3.63, 3.8) is 0 Å². The summed E-state index contributed by atoms with van der Waals surface area (Å²) in [6, 6.07) is -1.58. The van der Waals surface area contributed by atoms with Crippen LogP contribution in [0.2, 0.25) is 0 Å². The maximum Gasteiger partial charge on any atom is 0.249 e. The first-order chi connectivity index (χ1) is 9.44. The van der Waals surface area contributed by atoms with Crippen LogP contribution in [-0.4, -0.2) is 31.1 Å². The molecule has 0 radical (unpaired) electrons. The molecular formula is C10H7ClF5NO3S. The van der Waals surface area contributed by atoms with E-state index in [9.17, 15) is 35.2 Å². The molecule has 118 valence electrons. The fourth-order valence-electron chi connectivity index (χ4n) is 1.31. The molecule has 1 aromatic carbocycles. The number of halogens is 6. The molecule has 0 aromatic heterocycles. The minimum Gasteiger partial charge on any atom is -0.279 e. The molecule has 0 unspecified atom stereocenters. The number of carbonyl (C=O) groups excluding carboxylic acids is 1. The number of rotatable bonds is 4. The molecule has 0 saturated heterocycles. The topological polar surface area (TPSA) is 54.5 Å². The second-order valence-corrected chi connectivity index (χ2v) is 6.21. The molecule has 1 aromatic rings. The maximum atomic E-state index is 13.5.